The molecule has 2 unspecified atom stereocenters. The number of halogens is 1. The van der Waals surface area contributed by atoms with Gasteiger partial charge in [0.25, 0.3) is 0 Å². The van der Waals surface area contributed by atoms with Crippen molar-refractivity contribution in [2.24, 2.45) is 17.6 Å². The summed E-state index contributed by atoms with van der Waals surface area (Å²) in [6.07, 6.45) is 5.48. The van der Waals surface area contributed by atoms with Crippen molar-refractivity contribution in [3.8, 4) is 0 Å². The molecule has 2 atom stereocenters. The van der Waals surface area contributed by atoms with Crippen LogP contribution in [0.3, 0.4) is 0 Å². The van der Waals surface area contributed by atoms with Gasteiger partial charge in [0.15, 0.2) is 0 Å². The first-order valence-electron chi connectivity index (χ1n) is 7.89. The highest BCUT2D eigenvalue weighted by Gasteiger charge is 2.29. The van der Waals surface area contributed by atoms with Gasteiger partial charge in [0.2, 0.25) is 11.8 Å². The fraction of sp³-hybridized carbons (Fsp3) is 0.867. The molecule has 5 nitrogen and oxygen atoms in total. The van der Waals surface area contributed by atoms with Gasteiger partial charge >= 0.3 is 0 Å². The van der Waals surface area contributed by atoms with Gasteiger partial charge in [-0.15, -0.1) is 12.4 Å². The van der Waals surface area contributed by atoms with Crippen LogP contribution in [0, 0.1) is 11.8 Å². The average Bonchev–Trinajstić information content (AvgIpc) is 3.27. The Kier molecular flexibility index (Phi) is 7.46. The van der Waals surface area contributed by atoms with E-state index in [4.69, 9.17) is 5.73 Å². The number of nitrogens with zero attached hydrogens (tertiary/aromatic N) is 1. The summed E-state index contributed by atoms with van der Waals surface area (Å²) in [4.78, 5) is 25.5. The van der Waals surface area contributed by atoms with Gasteiger partial charge in [0.05, 0.1) is 0 Å². The molecule has 1 heterocycles. The van der Waals surface area contributed by atoms with Gasteiger partial charge in [-0.25, -0.2) is 0 Å². The van der Waals surface area contributed by atoms with Crippen molar-refractivity contribution in [2.75, 3.05) is 19.6 Å². The van der Waals surface area contributed by atoms with Crippen LogP contribution in [0.4, 0.5) is 0 Å². The lowest BCUT2D eigenvalue weighted by molar-refractivity contribution is -0.133. The van der Waals surface area contributed by atoms with Crippen LogP contribution in [0.1, 0.15) is 45.4 Å². The Balaban J connectivity index is 0.00000220. The predicted molar refractivity (Wildman–Crippen MR) is 85.2 cm³/mol. The molecule has 0 radical (unpaired) electrons. The molecule has 122 valence electrons. The Bertz CT molecular complexity index is 359. The van der Waals surface area contributed by atoms with Crippen LogP contribution in [0.25, 0.3) is 0 Å². The molecule has 0 bridgehead atoms. The van der Waals surface area contributed by atoms with Gasteiger partial charge in [-0.1, -0.05) is 0 Å². The lowest BCUT2D eigenvalue weighted by Crippen LogP contribution is -2.45. The Morgan fingerprint density at radius 1 is 1.33 bits per heavy atom. The van der Waals surface area contributed by atoms with E-state index in [0.29, 0.717) is 18.9 Å². The number of nitrogens with one attached hydrogen (secondary N) is 1. The second-order valence-electron chi connectivity index (χ2n) is 6.27. The fourth-order valence-corrected chi connectivity index (χ4v) is 2.76. The summed E-state index contributed by atoms with van der Waals surface area (Å²) in [7, 11) is 0. The Labute approximate surface area is 133 Å². The highest BCUT2D eigenvalue weighted by molar-refractivity contribution is 5.85. The highest BCUT2D eigenvalue weighted by Crippen LogP contribution is 2.28. The molecule has 0 aromatic heterocycles. The third kappa shape index (κ3) is 5.83. The summed E-state index contributed by atoms with van der Waals surface area (Å²) in [5.41, 5.74) is 5.93. The smallest absolute Gasteiger partial charge is 0.223 e. The maximum absolute atomic E-state index is 12.1. The Hall–Kier alpha value is -0.810. The van der Waals surface area contributed by atoms with E-state index < -0.39 is 0 Å². The first-order valence-corrected chi connectivity index (χ1v) is 7.89. The molecule has 1 aliphatic heterocycles. The fourth-order valence-electron chi connectivity index (χ4n) is 2.76. The largest absolute Gasteiger partial charge is 0.356 e. The molecule has 2 fully saturated rings. The third-order valence-electron chi connectivity index (χ3n) is 4.37. The number of nitrogens with two attached hydrogens (primary N) is 1. The van der Waals surface area contributed by atoms with E-state index in [-0.39, 0.29) is 36.2 Å². The number of carbonyl (C=O) groups excluding carboxylic acids is 2. The number of piperidine rings is 1. The normalized spacial score (nSPS) is 23.1. The van der Waals surface area contributed by atoms with Crippen LogP contribution in [0.15, 0.2) is 0 Å². The minimum Gasteiger partial charge on any atom is -0.356 e. The van der Waals surface area contributed by atoms with E-state index in [1.165, 1.54) is 0 Å². The van der Waals surface area contributed by atoms with Crippen LogP contribution in [-0.4, -0.2) is 42.4 Å². The number of rotatable bonds is 6. The second-order valence-corrected chi connectivity index (χ2v) is 6.27. The third-order valence-corrected chi connectivity index (χ3v) is 4.37. The van der Waals surface area contributed by atoms with Gasteiger partial charge in [0, 0.05) is 38.0 Å². The minimum atomic E-state index is 0. The second kappa shape index (κ2) is 8.59. The van der Waals surface area contributed by atoms with E-state index in [9.17, 15) is 9.59 Å². The van der Waals surface area contributed by atoms with Crippen LogP contribution >= 0.6 is 12.4 Å². The highest BCUT2D eigenvalue weighted by atomic mass is 35.5. The number of amides is 2. The number of hydrogen-bond acceptors (Lipinski definition) is 3. The summed E-state index contributed by atoms with van der Waals surface area (Å²) >= 11 is 0. The Morgan fingerprint density at radius 3 is 2.67 bits per heavy atom. The van der Waals surface area contributed by atoms with E-state index >= 15 is 0 Å². The molecule has 2 amide bonds. The molecule has 1 saturated carbocycles. The number of hydrogen-bond donors (Lipinski definition) is 2. The average molecular weight is 318 g/mol. The quantitative estimate of drug-likeness (QED) is 0.725. The van der Waals surface area contributed by atoms with E-state index in [1.54, 1.807) is 0 Å². The van der Waals surface area contributed by atoms with Crippen LogP contribution < -0.4 is 11.1 Å². The maximum atomic E-state index is 12.1. The molecule has 0 aromatic rings. The molecule has 0 spiro atoms. The molecular formula is C15H28ClN3O2. The first-order chi connectivity index (χ1) is 9.58. The predicted octanol–water partition coefficient (Wildman–Crippen LogP) is 1.30. The zero-order valence-electron chi connectivity index (χ0n) is 12.8. The summed E-state index contributed by atoms with van der Waals surface area (Å²) < 4.78 is 0. The van der Waals surface area contributed by atoms with Crippen LogP contribution in [0.2, 0.25) is 0 Å². The van der Waals surface area contributed by atoms with Gasteiger partial charge in [-0.2, -0.15) is 0 Å². The topological polar surface area (TPSA) is 75.4 Å². The Morgan fingerprint density at radius 2 is 2.05 bits per heavy atom. The van der Waals surface area contributed by atoms with E-state index in [1.807, 2.05) is 11.8 Å². The zero-order valence-corrected chi connectivity index (χ0v) is 13.7. The molecule has 1 saturated heterocycles. The lowest BCUT2D eigenvalue weighted by Gasteiger charge is -2.34. The molecule has 0 aromatic carbocycles. The summed E-state index contributed by atoms with van der Waals surface area (Å²) in [5.74, 6) is 1.05. The van der Waals surface area contributed by atoms with Crippen molar-refractivity contribution >= 4 is 24.2 Å². The molecular weight excluding hydrogens is 290 g/mol. The molecule has 1 aliphatic carbocycles. The molecule has 6 heteroatoms. The summed E-state index contributed by atoms with van der Waals surface area (Å²) in [5, 5.41) is 2.90. The molecule has 2 rings (SSSR count). The van der Waals surface area contributed by atoms with Crippen LogP contribution in [-0.2, 0) is 9.59 Å². The van der Waals surface area contributed by atoms with Crippen molar-refractivity contribution in [2.45, 2.75) is 51.5 Å². The number of likely N-dealkylation sites (tertiary alicyclic amines) is 1. The molecule has 3 N–H and O–H groups in total. The van der Waals surface area contributed by atoms with E-state index in [0.717, 1.165) is 45.2 Å². The van der Waals surface area contributed by atoms with Gasteiger partial charge in [-0.05, 0) is 44.9 Å². The summed E-state index contributed by atoms with van der Waals surface area (Å²) in [6.45, 7) is 4.29. The van der Waals surface area contributed by atoms with Crippen molar-refractivity contribution in [3.63, 3.8) is 0 Å². The standard InChI is InChI=1S/C15H27N3O2.ClH/c1-11(16)13-4-3-9-18(10-13)14(19)5-2-8-17-15(20)12-6-7-12;/h11-13H,2-10,16H2,1H3,(H,17,20);1H. The first kappa shape index (κ1) is 18.2. The molecule has 2 aliphatic rings. The van der Waals surface area contributed by atoms with E-state index in [2.05, 4.69) is 5.32 Å². The lowest BCUT2D eigenvalue weighted by atomic mass is 9.92. The maximum Gasteiger partial charge on any atom is 0.223 e. The SMILES string of the molecule is CC(N)C1CCCN(C(=O)CCCNC(=O)C2CC2)C1.Cl. The van der Waals surface area contributed by atoms with Crippen molar-refractivity contribution < 1.29 is 9.59 Å². The summed E-state index contributed by atoms with van der Waals surface area (Å²) in [6, 6.07) is 0.156. The minimum absolute atomic E-state index is 0. The van der Waals surface area contributed by atoms with Gasteiger partial charge in [-0.3, -0.25) is 9.59 Å². The van der Waals surface area contributed by atoms with Crippen molar-refractivity contribution in [1.82, 2.24) is 10.2 Å². The van der Waals surface area contributed by atoms with Crippen molar-refractivity contribution in [3.05, 3.63) is 0 Å². The van der Waals surface area contributed by atoms with Crippen LogP contribution in [0.5, 0.6) is 0 Å². The zero-order chi connectivity index (χ0) is 14.5. The van der Waals surface area contributed by atoms with Gasteiger partial charge < -0.3 is 16.0 Å². The monoisotopic (exact) mass is 317 g/mol. The number of carbonyl (C=O) groups is 2. The molecule has 21 heavy (non-hydrogen) atoms. The van der Waals surface area contributed by atoms with Crippen molar-refractivity contribution in [1.29, 1.82) is 0 Å². The van der Waals surface area contributed by atoms with Gasteiger partial charge in [0.1, 0.15) is 0 Å².